The molecule has 28 heavy (non-hydrogen) atoms. The van der Waals surface area contributed by atoms with E-state index in [1.165, 1.54) is 6.07 Å². The van der Waals surface area contributed by atoms with E-state index in [1.807, 2.05) is 54.7 Å². The number of nitrogens with zero attached hydrogens (tertiary/aromatic N) is 2. The second kappa shape index (κ2) is 7.72. The molecule has 0 bridgehead atoms. The summed E-state index contributed by atoms with van der Waals surface area (Å²) in [7, 11) is 0. The zero-order valence-corrected chi connectivity index (χ0v) is 15.7. The first-order chi connectivity index (χ1) is 13.6. The van der Waals surface area contributed by atoms with Gasteiger partial charge in [0.15, 0.2) is 0 Å². The van der Waals surface area contributed by atoms with Crippen LogP contribution in [0.5, 0.6) is 0 Å². The van der Waals surface area contributed by atoms with Gasteiger partial charge in [-0.05, 0) is 65.2 Å². The van der Waals surface area contributed by atoms with Crippen molar-refractivity contribution in [2.75, 3.05) is 0 Å². The smallest absolute Gasteiger partial charge is 0.123 e. The molecule has 0 spiro atoms. The summed E-state index contributed by atoms with van der Waals surface area (Å²) in [4.78, 5) is 0. The highest BCUT2D eigenvalue weighted by Gasteiger charge is 2.06. The van der Waals surface area contributed by atoms with E-state index in [1.54, 1.807) is 24.3 Å². The fourth-order valence-corrected chi connectivity index (χ4v) is 3.47. The van der Waals surface area contributed by atoms with Crippen LogP contribution in [0, 0.1) is 17.1 Å². The third kappa shape index (κ3) is 3.83. The Labute approximate surface area is 167 Å². The van der Waals surface area contributed by atoms with Gasteiger partial charge in [0.2, 0.25) is 0 Å². The van der Waals surface area contributed by atoms with Gasteiger partial charge in [0, 0.05) is 28.7 Å². The molecule has 0 unspecified atom stereocenters. The second-order valence-corrected chi connectivity index (χ2v) is 7.01. The number of halogens is 2. The standard InChI is InChI=1S/C24H16ClFN2/c25-22-5-2-4-19(14-22)21(15-27)12-17-7-8-24-20(11-17)9-10-28(24)16-18-3-1-6-23(26)13-18/h1-14H,16H2/b21-12+. The molecule has 3 aromatic carbocycles. The molecule has 1 heterocycles. The largest absolute Gasteiger partial charge is 0.343 e. The van der Waals surface area contributed by atoms with Crippen LogP contribution < -0.4 is 0 Å². The maximum Gasteiger partial charge on any atom is 0.123 e. The average Bonchev–Trinajstić information content (AvgIpc) is 3.08. The molecule has 0 aliphatic rings. The molecule has 0 amide bonds. The second-order valence-electron chi connectivity index (χ2n) is 6.57. The van der Waals surface area contributed by atoms with E-state index >= 15 is 0 Å². The van der Waals surface area contributed by atoms with E-state index in [-0.39, 0.29) is 5.82 Å². The minimum Gasteiger partial charge on any atom is -0.343 e. The number of hydrogen-bond acceptors (Lipinski definition) is 1. The van der Waals surface area contributed by atoms with E-state index in [4.69, 9.17) is 11.6 Å². The van der Waals surface area contributed by atoms with Crippen LogP contribution in [0.4, 0.5) is 4.39 Å². The van der Waals surface area contributed by atoms with Gasteiger partial charge in [0.05, 0.1) is 11.6 Å². The van der Waals surface area contributed by atoms with Crippen LogP contribution in [0.3, 0.4) is 0 Å². The fraction of sp³-hybridized carbons (Fsp3) is 0.0417. The number of nitriles is 1. The van der Waals surface area contributed by atoms with Crippen molar-refractivity contribution < 1.29 is 4.39 Å². The Kier molecular flexibility index (Phi) is 4.97. The summed E-state index contributed by atoms with van der Waals surface area (Å²) in [5, 5.41) is 11.2. The van der Waals surface area contributed by atoms with Crippen molar-refractivity contribution >= 4 is 34.2 Å². The molecule has 0 fully saturated rings. The van der Waals surface area contributed by atoms with E-state index in [0.29, 0.717) is 17.1 Å². The molecule has 0 N–H and O–H groups in total. The van der Waals surface area contributed by atoms with Crippen molar-refractivity contribution in [3.8, 4) is 6.07 Å². The van der Waals surface area contributed by atoms with Crippen LogP contribution in [0.1, 0.15) is 16.7 Å². The quantitative estimate of drug-likeness (QED) is 0.289. The Bertz CT molecular complexity index is 1230. The number of hydrogen-bond donors (Lipinski definition) is 0. The van der Waals surface area contributed by atoms with Gasteiger partial charge in [0.1, 0.15) is 5.82 Å². The van der Waals surface area contributed by atoms with Gasteiger partial charge in [-0.3, -0.25) is 0 Å². The Morgan fingerprint density at radius 3 is 2.68 bits per heavy atom. The molecule has 0 saturated heterocycles. The molecule has 0 aliphatic carbocycles. The van der Waals surface area contributed by atoms with Gasteiger partial charge >= 0.3 is 0 Å². The van der Waals surface area contributed by atoms with Crippen LogP contribution in [0.25, 0.3) is 22.6 Å². The number of allylic oxidation sites excluding steroid dienone is 1. The lowest BCUT2D eigenvalue weighted by Gasteiger charge is -2.06. The highest BCUT2D eigenvalue weighted by atomic mass is 35.5. The third-order valence-electron chi connectivity index (χ3n) is 4.60. The summed E-state index contributed by atoms with van der Waals surface area (Å²) in [5.41, 5.74) is 4.25. The maximum atomic E-state index is 13.4. The molecule has 136 valence electrons. The first-order valence-electron chi connectivity index (χ1n) is 8.83. The Morgan fingerprint density at radius 1 is 1.04 bits per heavy atom. The fourth-order valence-electron chi connectivity index (χ4n) is 3.28. The topological polar surface area (TPSA) is 28.7 Å². The number of fused-ring (bicyclic) bond motifs is 1. The van der Waals surface area contributed by atoms with Gasteiger partial charge in [-0.2, -0.15) is 5.26 Å². The summed E-state index contributed by atoms with van der Waals surface area (Å²) in [5.74, 6) is -0.230. The van der Waals surface area contributed by atoms with Crippen molar-refractivity contribution in [2.24, 2.45) is 0 Å². The van der Waals surface area contributed by atoms with Crippen molar-refractivity contribution in [2.45, 2.75) is 6.54 Å². The summed E-state index contributed by atoms with van der Waals surface area (Å²) in [6, 6.07) is 24.2. The molecule has 2 nitrogen and oxygen atoms in total. The molecule has 4 rings (SSSR count). The summed E-state index contributed by atoms with van der Waals surface area (Å²) in [6.45, 7) is 0.600. The van der Waals surface area contributed by atoms with Crippen LogP contribution in [-0.4, -0.2) is 4.57 Å². The lowest BCUT2D eigenvalue weighted by molar-refractivity contribution is 0.624. The first-order valence-corrected chi connectivity index (χ1v) is 9.21. The van der Waals surface area contributed by atoms with E-state index < -0.39 is 0 Å². The van der Waals surface area contributed by atoms with Crippen molar-refractivity contribution in [1.82, 2.24) is 4.57 Å². The lowest BCUT2D eigenvalue weighted by atomic mass is 10.0. The summed E-state index contributed by atoms with van der Waals surface area (Å²) in [6.07, 6.45) is 3.85. The zero-order valence-electron chi connectivity index (χ0n) is 14.9. The monoisotopic (exact) mass is 386 g/mol. The van der Waals surface area contributed by atoms with Gasteiger partial charge < -0.3 is 4.57 Å². The minimum absolute atomic E-state index is 0.230. The van der Waals surface area contributed by atoms with Gasteiger partial charge in [-0.15, -0.1) is 0 Å². The Hall–Kier alpha value is -3.35. The van der Waals surface area contributed by atoms with E-state index in [0.717, 1.165) is 27.6 Å². The van der Waals surface area contributed by atoms with Gasteiger partial charge in [0.25, 0.3) is 0 Å². The Balaban J connectivity index is 1.66. The normalized spacial score (nSPS) is 11.5. The zero-order chi connectivity index (χ0) is 19.5. The van der Waals surface area contributed by atoms with Crippen molar-refractivity contribution in [3.63, 3.8) is 0 Å². The predicted molar refractivity (Wildman–Crippen MR) is 112 cm³/mol. The number of rotatable bonds is 4. The SMILES string of the molecule is N#C/C(=C\c1ccc2c(ccn2Cc2cccc(F)c2)c1)c1cccc(Cl)c1. The summed E-state index contributed by atoms with van der Waals surface area (Å²) >= 11 is 6.04. The van der Waals surface area contributed by atoms with Gasteiger partial charge in [-0.25, -0.2) is 4.39 Å². The Morgan fingerprint density at radius 2 is 1.89 bits per heavy atom. The highest BCUT2D eigenvalue weighted by Crippen LogP contribution is 2.24. The minimum atomic E-state index is -0.230. The molecule has 0 aliphatic heterocycles. The highest BCUT2D eigenvalue weighted by molar-refractivity contribution is 6.30. The van der Waals surface area contributed by atoms with E-state index in [2.05, 4.69) is 10.6 Å². The molecule has 0 radical (unpaired) electrons. The van der Waals surface area contributed by atoms with Crippen LogP contribution in [0.15, 0.2) is 79.0 Å². The van der Waals surface area contributed by atoms with Crippen molar-refractivity contribution in [3.05, 3.63) is 107 Å². The molecular weight excluding hydrogens is 371 g/mol. The van der Waals surface area contributed by atoms with Crippen molar-refractivity contribution in [1.29, 1.82) is 5.26 Å². The van der Waals surface area contributed by atoms with E-state index in [9.17, 15) is 9.65 Å². The van der Waals surface area contributed by atoms with Crippen LogP contribution >= 0.6 is 11.6 Å². The maximum absolute atomic E-state index is 13.4. The third-order valence-corrected chi connectivity index (χ3v) is 4.84. The van der Waals surface area contributed by atoms with Crippen LogP contribution in [-0.2, 0) is 6.54 Å². The van der Waals surface area contributed by atoms with Crippen LogP contribution in [0.2, 0.25) is 5.02 Å². The molecule has 1 aromatic heterocycles. The lowest BCUT2D eigenvalue weighted by Crippen LogP contribution is -1.98. The predicted octanol–water partition coefficient (Wildman–Crippen LogP) is 6.55. The summed E-state index contributed by atoms with van der Waals surface area (Å²) < 4.78 is 15.5. The molecule has 0 atom stereocenters. The molecular formula is C24H16ClFN2. The number of aromatic nitrogens is 1. The van der Waals surface area contributed by atoms with Gasteiger partial charge in [-0.1, -0.05) is 41.9 Å². The first kappa shape index (κ1) is 18.0. The molecule has 4 heteroatoms. The molecule has 4 aromatic rings. The number of benzene rings is 3. The average molecular weight is 387 g/mol. The molecule has 0 saturated carbocycles.